The Morgan fingerprint density at radius 2 is 2.19 bits per heavy atom. The Labute approximate surface area is 154 Å². The zero-order valence-electron chi connectivity index (χ0n) is 15.1. The molecule has 2 N–H and O–H groups in total. The average molecular weight is 376 g/mol. The van der Waals surface area contributed by atoms with Crippen LogP contribution in [-0.4, -0.2) is 51.6 Å². The van der Waals surface area contributed by atoms with Gasteiger partial charge in [-0.1, -0.05) is 13.8 Å². The lowest BCUT2D eigenvalue weighted by molar-refractivity contribution is -0.156. The molecule has 0 unspecified atom stereocenters. The monoisotopic (exact) mass is 376 g/mol. The van der Waals surface area contributed by atoms with E-state index in [0.717, 1.165) is 0 Å². The number of aromatic nitrogens is 3. The van der Waals surface area contributed by atoms with Gasteiger partial charge in [0, 0.05) is 0 Å². The molecule has 0 amide bonds. The number of ether oxygens (including phenoxy) is 4. The minimum absolute atomic E-state index is 0.0508. The van der Waals surface area contributed by atoms with Crippen molar-refractivity contribution in [3.05, 3.63) is 24.2 Å². The molecule has 0 saturated carbocycles. The van der Waals surface area contributed by atoms with Crippen molar-refractivity contribution in [3.8, 4) is 0 Å². The van der Waals surface area contributed by atoms with Crippen molar-refractivity contribution in [2.24, 2.45) is 5.92 Å². The van der Waals surface area contributed by atoms with Gasteiger partial charge in [0.25, 0.3) is 0 Å². The van der Waals surface area contributed by atoms with E-state index < -0.39 is 30.1 Å². The van der Waals surface area contributed by atoms with Crippen molar-refractivity contribution in [1.82, 2.24) is 14.6 Å². The highest BCUT2D eigenvalue weighted by atomic mass is 16.8. The van der Waals surface area contributed by atoms with Gasteiger partial charge in [-0.05, 0) is 19.1 Å². The van der Waals surface area contributed by atoms with Gasteiger partial charge in [0.1, 0.15) is 30.2 Å². The number of esters is 1. The van der Waals surface area contributed by atoms with E-state index in [1.165, 1.54) is 6.33 Å². The first-order chi connectivity index (χ1) is 12.8. The van der Waals surface area contributed by atoms with Crippen molar-refractivity contribution >= 4 is 23.5 Å². The number of nitrogens with two attached hydrogens (primary N) is 1. The third-order valence-corrected chi connectivity index (χ3v) is 4.91. The largest absolute Gasteiger partial charge is 0.509 e. The molecule has 2 aromatic rings. The molecule has 0 aliphatic carbocycles. The Bertz CT molecular complexity index is 912. The third kappa shape index (κ3) is 2.67. The zero-order chi connectivity index (χ0) is 19.3. The van der Waals surface area contributed by atoms with Crippen molar-refractivity contribution in [2.75, 3.05) is 12.3 Å². The molecule has 2 fully saturated rings. The zero-order valence-corrected chi connectivity index (χ0v) is 15.1. The quantitative estimate of drug-likeness (QED) is 0.778. The number of hydrogen-bond acceptors (Lipinski definition) is 9. The summed E-state index contributed by atoms with van der Waals surface area (Å²) in [6.07, 6.45) is -1.54. The molecule has 4 heterocycles. The van der Waals surface area contributed by atoms with Gasteiger partial charge in [0.15, 0.2) is 18.0 Å². The molecule has 2 aromatic heterocycles. The Morgan fingerprint density at radius 1 is 1.41 bits per heavy atom. The molecule has 144 valence electrons. The smallest absolute Gasteiger partial charge is 0.463 e. The molecule has 2 aliphatic rings. The van der Waals surface area contributed by atoms with E-state index >= 15 is 0 Å². The van der Waals surface area contributed by atoms with E-state index in [4.69, 9.17) is 24.7 Å². The molecule has 2 saturated heterocycles. The van der Waals surface area contributed by atoms with Crippen LogP contribution in [0.25, 0.3) is 5.52 Å². The molecular weight excluding hydrogens is 356 g/mol. The van der Waals surface area contributed by atoms with Gasteiger partial charge in [-0.15, -0.1) is 0 Å². The number of nitrogens with zero attached hydrogens (tertiary/aromatic N) is 3. The van der Waals surface area contributed by atoms with Gasteiger partial charge in [-0.3, -0.25) is 4.79 Å². The number of nitrogen functional groups attached to an aromatic ring is 1. The van der Waals surface area contributed by atoms with Crippen LogP contribution in [0, 0.1) is 5.92 Å². The number of rotatable bonds is 4. The molecular formula is C17H20N4O6. The van der Waals surface area contributed by atoms with Crippen LogP contribution in [0.4, 0.5) is 10.6 Å². The van der Waals surface area contributed by atoms with Crippen LogP contribution in [-0.2, 0) is 29.3 Å². The van der Waals surface area contributed by atoms with Gasteiger partial charge in [-0.25, -0.2) is 14.3 Å². The molecule has 10 nitrogen and oxygen atoms in total. The van der Waals surface area contributed by atoms with Crippen LogP contribution in [0.15, 0.2) is 18.5 Å². The second-order valence-corrected chi connectivity index (χ2v) is 7.08. The number of hydrogen-bond donors (Lipinski definition) is 1. The topological polar surface area (TPSA) is 127 Å². The van der Waals surface area contributed by atoms with Crippen molar-refractivity contribution < 1.29 is 28.5 Å². The lowest BCUT2D eigenvalue weighted by Crippen LogP contribution is -2.38. The summed E-state index contributed by atoms with van der Waals surface area (Å²) in [5, 5.41) is 4.23. The van der Waals surface area contributed by atoms with Crippen LogP contribution >= 0.6 is 0 Å². The Hall–Kier alpha value is -2.88. The fraction of sp³-hybridized carbons (Fsp3) is 0.529. The van der Waals surface area contributed by atoms with Gasteiger partial charge in [0.2, 0.25) is 0 Å². The first-order valence-electron chi connectivity index (χ1n) is 8.61. The van der Waals surface area contributed by atoms with Gasteiger partial charge in [-0.2, -0.15) is 5.10 Å². The summed E-state index contributed by atoms with van der Waals surface area (Å²) in [4.78, 5) is 27.5. The molecule has 2 aliphatic heterocycles. The molecule has 0 spiro atoms. The Kier molecular flexibility index (Phi) is 3.95. The maximum atomic E-state index is 11.8. The number of anilines is 1. The molecule has 0 aromatic carbocycles. The first-order valence-corrected chi connectivity index (χ1v) is 8.61. The van der Waals surface area contributed by atoms with Gasteiger partial charge in [0.05, 0.1) is 11.6 Å². The summed E-state index contributed by atoms with van der Waals surface area (Å²) in [5.74, 6) is -0.315. The van der Waals surface area contributed by atoms with E-state index in [1.54, 1.807) is 37.4 Å². The number of carbonyl (C=O) groups excluding carboxylic acids is 2. The summed E-state index contributed by atoms with van der Waals surface area (Å²) in [6, 6.07) is 3.55. The molecule has 0 radical (unpaired) electrons. The molecule has 10 heteroatoms. The highest BCUT2D eigenvalue weighted by Crippen LogP contribution is 2.46. The van der Waals surface area contributed by atoms with Crippen molar-refractivity contribution in [2.45, 2.75) is 44.7 Å². The maximum Gasteiger partial charge on any atom is 0.509 e. The first kappa shape index (κ1) is 17.5. The van der Waals surface area contributed by atoms with E-state index in [9.17, 15) is 9.59 Å². The fourth-order valence-corrected chi connectivity index (χ4v) is 3.51. The predicted octanol–water partition coefficient (Wildman–Crippen LogP) is 1.03. The molecule has 4 rings (SSSR count). The summed E-state index contributed by atoms with van der Waals surface area (Å²) in [7, 11) is 0. The van der Waals surface area contributed by atoms with Crippen LogP contribution in [0.3, 0.4) is 0 Å². The summed E-state index contributed by atoms with van der Waals surface area (Å²) >= 11 is 0. The second-order valence-electron chi connectivity index (χ2n) is 7.08. The van der Waals surface area contributed by atoms with Crippen LogP contribution in [0.5, 0.6) is 0 Å². The standard InChI is InChI=1S/C17H20N4O6/c1-8(2)15(22)24-6-10-12-13(26-16(23)25-12)17(3,27-10)11-5-4-9-14(18)19-7-20-21(9)11/h4-5,7-8,10,12-13H,6H2,1-3H3,(H2,18,19,20)/t10-,12-,13-,17+/m1/s1. The normalized spacial score (nSPS) is 29.6. The summed E-state index contributed by atoms with van der Waals surface area (Å²) in [6.45, 7) is 5.20. The SMILES string of the molecule is CC(C)C(=O)OC[C@H]1O[C@@](C)(c2ccc3c(N)ncnn23)[C@@H]2OC(=O)O[C@@H]21. The number of fused-ring (bicyclic) bond motifs is 2. The highest BCUT2D eigenvalue weighted by molar-refractivity contribution is 5.71. The van der Waals surface area contributed by atoms with E-state index in [-0.39, 0.29) is 18.5 Å². The average Bonchev–Trinajstić information content (AvgIpc) is 3.28. The van der Waals surface area contributed by atoms with Crippen LogP contribution < -0.4 is 5.73 Å². The van der Waals surface area contributed by atoms with Gasteiger partial charge < -0.3 is 24.7 Å². The third-order valence-electron chi connectivity index (χ3n) is 4.91. The fourth-order valence-electron chi connectivity index (χ4n) is 3.51. The molecule has 0 bridgehead atoms. The highest BCUT2D eigenvalue weighted by Gasteiger charge is 2.62. The predicted molar refractivity (Wildman–Crippen MR) is 90.6 cm³/mol. The van der Waals surface area contributed by atoms with E-state index in [1.807, 2.05) is 0 Å². The Morgan fingerprint density at radius 3 is 2.93 bits per heavy atom. The minimum atomic E-state index is -1.07. The molecule has 4 atom stereocenters. The van der Waals surface area contributed by atoms with Crippen molar-refractivity contribution in [1.29, 1.82) is 0 Å². The van der Waals surface area contributed by atoms with Gasteiger partial charge >= 0.3 is 12.1 Å². The second kappa shape index (κ2) is 6.08. The molecule has 27 heavy (non-hydrogen) atoms. The lowest BCUT2D eigenvalue weighted by Gasteiger charge is -2.27. The maximum absolute atomic E-state index is 11.8. The lowest BCUT2D eigenvalue weighted by atomic mass is 9.93. The van der Waals surface area contributed by atoms with Crippen LogP contribution in [0.1, 0.15) is 26.5 Å². The van der Waals surface area contributed by atoms with E-state index in [2.05, 4.69) is 10.1 Å². The van der Waals surface area contributed by atoms with Crippen molar-refractivity contribution in [3.63, 3.8) is 0 Å². The van der Waals surface area contributed by atoms with E-state index in [0.29, 0.717) is 17.0 Å². The number of carbonyl (C=O) groups is 2. The Balaban J connectivity index is 1.68. The summed E-state index contributed by atoms with van der Waals surface area (Å²) < 4.78 is 23.7. The summed E-state index contributed by atoms with van der Waals surface area (Å²) in [5.41, 5.74) is 6.05. The van der Waals surface area contributed by atoms with Crippen LogP contribution in [0.2, 0.25) is 0 Å². The minimum Gasteiger partial charge on any atom is -0.463 e.